The van der Waals surface area contributed by atoms with Crippen molar-refractivity contribution in [2.45, 2.75) is 57.5 Å². The summed E-state index contributed by atoms with van der Waals surface area (Å²) in [5.41, 5.74) is 6.31. The van der Waals surface area contributed by atoms with Crippen molar-refractivity contribution >= 4 is 0 Å². The molecule has 2 heteroatoms. The minimum absolute atomic E-state index is 0.0901. The van der Waals surface area contributed by atoms with Crippen LogP contribution in [0.2, 0.25) is 0 Å². The van der Waals surface area contributed by atoms with Crippen LogP contribution in [0.5, 0.6) is 0 Å². The molecule has 1 aliphatic rings. The lowest BCUT2D eigenvalue weighted by atomic mass is 9.84. The van der Waals surface area contributed by atoms with Crippen molar-refractivity contribution in [2.24, 2.45) is 5.73 Å². The summed E-state index contributed by atoms with van der Waals surface area (Å²) in [4.78, 5) is 2.54. The predicted octanol–water partition coefficient (Wildman–Crippen LogP) is 1.99. The van der Waals surface area contributed by atoms with E-state index in [1.807, 2.05) is 0 Å². The Hall–Kier alpha value is -0.520. The van der Waals surface area contributed by atoms with Gasteiger partial charge in [-0.25, -0.2) is 0 Å². The zero-order chi connectivity index (χ0) is 11.3. The highest BCUT2D eigenvalue weighted by Gasteiger charge is 2.36. The van der Waals surface area contributed by atoms with E-state index in [-0.39, 0.29) is 11.6 Å². The van der Waals surface area contributed by atoms with Gasteiger partial charge in [-0.1, -0.05) is 13.3 Å². The third kappa shape index (κ3) is 2.74. The topological polar surface area (TPSA) is 29.3 Å². The van der Waals surface area contributed by atoms with Crippen molar-refractivity contribution in [2.75, 3.05) is 13.1 Å². The molecule has 2 N–H and O–H groups in total. The zero-order valence-corrected chi connectivity index (χ0v) is 10.1. The Morgan fingerprint density at radius 1 is 1.40 bits per heavy atom. The van der Waals surface area contributed by atoms with Crippen molar-refractivity contribution in [3.05, 3.63) is 0 Å². The van der Waals surface area contributed by atoms with Crippen molar-refractivity contribution in [3.63, 3.8) is 0 Å². The highest BCUT2D eigenvalue weighted by molar-refractivity contribution is 5.01. The zero-order valence-electron chi connectivity index (χ0n) is 10.1. The average Bonchev–Trinajstić information content (AvgIpc) is 2.29. The van der Waals surface area contributed by atoms with Gasteiger partial charge < -0.3 is 5.73 Å². The van der Waals surface area contributed by atoms with Crippen LogP contribution in [0, 0.1) is 12.3 Å². The fourth-order valence-corrected chi connectivity index (χ4v) is 2.47. The number of nitrogens with zero attached hydrogens (tertiary/aromatic N) is 1. The largest absolute Gasteiger partial charge is 0.325 e. The van der Waals surface area contributed by atoms with Gasteiger partial charge in [0.25, 0.3) is 0 Å². The monoisotopic (exact) mass is 208 g/mol. The van der Waals surface area contributed by atoms with Crippen LogP contribution >= 0.6 is 0 Å². The van der Waals surface area contributed by atoms with Crippen molar-refractivity contribution in [1.82, 2.24) is 4.90 Å². The highest BCUT2D eigenvalue weighted by Crippen LogP contribution is 2.27. The smallest absolute Gasteiger partial charge is 0.0338 e. The molecule has 0 aliphatic carbocycles. The van der Waals surface area contributed by atoms with Crippen LogP contribution in [0.25, 0.3) is 0 Å². The molecule has 1 heterocycles. The molecule has 0 spiro atoms. The van der Waals surface area contributed by atoms with Crippen LogP contribution in [0.3, 0.4) is 0 Å². The summed E-state index contributed by atoms with van der Waals surface area (Å²) in [5, 5.41) is 0. The molecule has 1 aliphatic heterocycles. The Bertz CT molecular complexity index is 225. The quantitative estimate of drug-likeness (QED) is 0.716. The summed E-state index contributed by atoms with van der Waals surface area (Å²) in [6, 6.07) is 0.102. The Labute approximate surface area is 94.2 Å². The number of terminal acetylenes is 1. The van der Waals surface area contributed by atoms with E-state index in [1.165, 1.54) is 32.4 Å². The average molecular weight is 208 g/mol. The number of hydrogen-bond acceptors (Lipinski definition) is 2. The molecule has 0 amide bonds. The van der Waals surface area contributed by atoms with Gasteiger partial charge >= 0.3 is 0 Å². The van der Waals surface area contributed by atoms with Crippen molar-refractivity contribution in [3.8, 4) is 12.3 Å². The van der Waals surface area contributed by atoms with E-state index in [2.05, 4.69) is 24.7 Å². The first-order valence-corrected chi connectivity index (χ1v) is 6.09. The summed E-state index contributed by atoms with van der Waals surface area (Å²) in [6.45, 7) is 6.84. The van der Waals surface area contributed by atoms with E-state index in [4.69, 9.17) is 12.2 Å². The molecule has 0 bridgehead atoms. The molecule has 0 aromatic rings. The molecule has 0 radical (unpaired) electrons. The molecule has 0 saturated carbocycles. The van der Waals surface area contributed by atoms with E-state index >= 15 is 0 Å². The summed E-state index contributed by atoms with van der Waals surface area (Å²) >= 11 is 0. The van der Waals surface area contributed by atoms with Crippen LogP contribution in [0.1, 0.15) is 46.0 Å². The second-order valence-electron chi connectivity index (χ2n) is 4.77. The van der Waals surface area contributed by atoms with Gasteiger partial charge in [0.05, 0.1) is 0 Å². The van der Waals surface area contributed by atoms with E-state index in [0.717, 1.165) is 6.42 Å². The van der Waals surface area contributed by atoms with Gasteiger partial charge in [-0.3, -0.25) is 4.90 Å². The van der Waals surface area contributed by atoms with Gasteiger partial charge in [0.15, 0.2) is 0 Å². The lowest BCUT2D eigenvalue weighted by Gasteiger charge is -2.46. The van der Waals surface area contributed by atoms with E-state index in [9.17, 15) is 0 Å². The van der Waals surface area contributed by atoms with Crippen LogP contribution < -0.4 is 5.73 Å². The molecule has 0 aromatic carbocycles. The maximum Gasteiger partial charge on any atom is 0.0338 e. The Balaban J connectivity index is 2.69. The van der Waals surface area contributed by atoms with Gasteiger partial charge in [0.2, 0.25) is 0 Å². The molecule has 15 heavy (non-hydrogen) atoms. The summed E-state index contributed by atoms with van der Waals surface area (Å²) < 4.78 is 0. The first-order chi connectivity index (χ1) is 7.15. The molecule has 1 fully saturated rings. The van der Waals surface area contributed by atoms with E-state index in [1.54, 1.807) is 0 Å². The Morgan fingerprint density at radius 3 is 2.47 bits per heavy atom. The minimum Gasteiger partial charge on any atom is -0.325 e. The molecule has 1 rings (SSSR count). The van der Waals surface area contributed by atoms with Crippen LogP contribution in [0.4, 0.5) is 0 Å². The van der Waals surface area contributed by atoms with Gasteiger partial charge in [0.1, 0.15) is 0 Å². The minimum atomic E-state index is 0.0901. The fraction of sp³-hybridized carbons (Fsp3) is 0.846. The number of likely N-dealkylation sites (tertiary alicyclic amines) is 1. The van der Waals surface area contributed by atoms with Crippen LogP contribution in [-0.4, -0.2) is 29.6 Å². The molecule has 86 valence electrons. The van der Waals surface area contributed by atoms with Gasteiger partial charge in [-0.05, 0) is 39.3 Å². The molecule has 1 saturated heterocycles. The summed E-state index contributed by atoms with van der Waals surface area (Å²) in [7, 11) is 0. The van der Waals surface area contributed by atoms with E-state index < -0.39 is 0 Å². The number of hydrogen-bond donors (Lipinski definition) is 1. The second kappa shape index (κ2) is 5.53. The lowest BCUT2D eigenvalue weighted by molar-refractivity contribution is 0.0559. The SMILES string of the molecule is C#CCC(N)C(C)(CC)N1CCCCC1. The first-order valence-electron chi connectivity index (χ1n) is 6.09. The first kappa shape index (κ1) is 12.5. The Morgan fingerprint density at radius 2 is 2.00 bits per heavy atom. The maximum absolute atomic E-state index is 6.22. The van der Waals surface area contributed by atoms with Gasteiger partial charge in [0, 0.05) is 18.0 Å². The number of piperidine rings is 1. The normalized spacial score (nSPS) is 24.1. The molecular formula is C13H24N2. The summed E-state index contributed by atoms with van der Waals surface area (Å²) in [5.74, 6) is 2.69. The molecule has 2 atom stereocenters. The highest BCUT2D eigenvalue weighted by atomic mass is 15.2. The van der Waals surface area contributed by atoms with Gasteiger partial charge in [-0.15, -0.1) is 12.3 Å². The molecule has 2 nitrogen and oxygen atoms in total. The van der Waals surface area contributed by atoms with Crippen LogP contribution in [0.15, 0.2) is 0 Å². The van der Waals surface area contributed by atoms with Crippen molar-refractivity contribution < 1.29 is 0 Å². The Kier molecular flexibility index (Phi) is 4.63. The second-order valence-corrected chi connectivity index (χ2v) is 4.77. The van der Waals surface area contributed by atoms with Gasteiger partial charge in [-0.2, -0.15) is 0 Å². The predicted molar refractivity (Wildman–Crippen MR) is 65.5 cm³/mol. The summed E-state index contributed by atoms with van der Waals surface area (Å²) in [6.07, 6.45) is 11.1. The lowest BCUT2D eigenvalue weighted by Crippen LogP contribution is -2.58. The van der Waals surface area contributed by atoms with Crippen LogP contribution in [-0.2, 0) is 0 Å². The number of nitrogens with two attached hydrogens (primary N) is 1. The van der Waals surface area contributed by atoms with Crippen molar-refractivity contribution in [1.29, 1.82) is 0 Å². The molecular weight excluding hydrogens is 184 g/mol. The third-order valence-corrected chi connectivity index (χ3v) is 3.93. The number of rotatable bonds is 4. The van der Waals surface area contributed by atoms with E-state index in [0.29, 0.717) is 6.42 Å². The third-order valence-electron chi connectivity index (χ3n) is 3.93. The molecule has 2 unspecified atom stereocenters. The standard InChI is InChI=1S/C13H24N2/c1-4-9-12(14)13(3,5-2)15-10-7-6-8-11-15/h1,12H,5-11,14H2,2-3H3. The maximum atomic E-state index is 6.22. The fourth-order valence-electron chi connectivity index (χ4n) is 2.47. The molecule has 0 aromatic heterocycles.